The third-order valence-corrected chi connectivity index (χ3v) is 2.68. The highest BCUT2D eigenvalue weighted by atomic mass is 79.9. The van der Waals surface area contributed by atoms with E-state index in [2.05, 4.69) is 32.3 Å². The van der Waals surface area contributed by atoms with E-state index in [0.717, 1.165) is 21.5 Å². The maximum absolute atomic E-state index is 8.88. The first-order chi connectivity index (χ1) is 8.17. The Balaban J connectivity index is 2.27. The number of nitrogens with one attached hydrogen (secondary N) is 1. The van der Waals surface area contributed by atoms with Gasteiger partial charge in [-0.1, -0.05) is 15.9 Å². The second kappa shape index (κ2) is 4.98. The van der Waals surface area contributed by atoms with Crippen LogP contribution in [0.4, 0.5) is 11.4 Å². The Hall–Kier alpha value is -1.86. The maximum Gasteiger partial charge on any atom is 0.0992 e. The molecule has 0 saturated carbocycles. The number of aryl methyl sites for hydroxylation is 1. The fourth-order valence-corrected chi connectivity index (χ4v) is 1.93. The molecule has 0 atom stereocenters. The maximum atomic E-state index is 8.88. The quantitative estimate of drug-likeness (QED) is 0.915. The van der Waals surface area contributed by atoms with Gasteiger partial charge in [0.1, 0.15) is 0 Å². The van der Waals surface area contributed by atoms with Crippen molar-refractivity contribution in [1.29, 1.82) is 5.26 Å². The molecule has 0 saturated heterocycles. The van der Waals surface area contributed by atoms with Gasteiger partial charge in [-0.25, -0.2) is 0 Å². The SMILES string of the molecule is Cc1ccc(Nc2cc(Br)cc(C#N)c2)cn1. The molecule has 0 aliphatic heterocycles. The van der Waals surface area contributed by atoms with Gasteiger partial charge in [-0.15, -0.1) is 0 Å². The Kier molecular flexibility index (Phi) is 3.40. The van der Waals surface area contributed by atoms with Crippen LogP contribution in [0.5, 0.6) is 0 Å². The lowest BCUT2D eigenvalue weighted by Gasteiger charge is -2.07. The second-order valence-electron chi connectivity index (χ2n) is 3.65. The molecule has 1 aromatic heterocycles. The molecule has 1 heterocycles. The summed E-state index contributed by atoms with van der Waals surface area (Å²) in [4.78, 5) is 4.20. The van der Waals surface area contributed by atoms with Gasteiger partial charge in [0.15, 0.2) is 0 Å². The number of aromatic nitrogens is 1. The summed E-state index contributed by atoms with van der Waals surface area (Å²) in [7, 11) is 0. The molecule has 2 aromatic rings. The Morgan fingerprint density at radius 3 is 2.71 bits per heavy atom. The average molecular weight is 288 g/mol. The average Bonchev–Trinajstić information content (AvgIpc) is 2.31. The zero-order valence-electron chi connectivity index (χ0n) is 9.24. The zero-order valence-corrected chi connectivity index (χ0v) is 10.8. The summed E-state index contributed by atoms with van der Waals surface area (Å²) in [5.74, 6) is 0. The van der Waals surface area contributed by atoms with E-state index in [0.29, 0.717) is 5.56 Å². The fraction of sp³-hybridized carbons (Fsp3) is 0.0769. The highest BCUT2D eigenvalue weighted by Crippen LogP contribution is 2.22. The topological polar surface area (TPSA) is 48.7 Å². The van der Waals surface area contributed by atoms with E-state index in [9.17, 15) is 0 Å². The Labute approximate surface area is 108 Å². The van der Waals surface area contributed by atoms with E-state index >= 15 is 0 Å². The van der Waals surface area contributed by atoms with Gasteiger partial charge in [-0.2, -0.15) is 5.26 Å². The van der Waals surface area contributed by atoms with Gasteiger partial charge in [0.25, 0.3) is 0 Å². The minimum absolute atomic E-state index is 0.613. The highest BCUT2D eigenvalue weighted by molar-refractivity contribution is 9.10. The van der Waals surface area contributed by atoms with Crippen LogP contribution in [0.25, 0.3) is 0 Å². The molecule has 0 amide bonds. The van der Waals surface area contributed by atoms with Crippen molar-refractivity contribution >= 4 is 27.3 Å². The van der Waals surface area contributed by atoms with Crippen molar-refractivity contribution in [2.75, 3.05) is 5.32 Å². The molecular weight excluding hydrogens is 278 g/mol. The van der Waals surface area contributed by atoms with Crippen molar-refractivity contribution in [2.24, 2.45) is 0 Å². The summed E-state index contributed by atoms with van der Waals surface area (Å²) < 4.78 is 0.874. The number of rotatable bonds is 2. The van der Waals surface area contributed by atoms with Gasteiger partial charge in [0.05, 0.1) is 23.5 Å². The normalized spacial score (nSPS) is 9.71. The van der Waals surface area contributed by atoms with Crippen LogP contribution in [0.15, 0.2) is 41.0 Å². The summed E-state index contributed by atoms with van der Waals surface area (Å²) in [6, 6.07) is 11.5. The monoisotopic (exact) mass is 287 g/mol. The lowest BCUT2D eigenvalue weighted by molar-refractivity contribution is 1.20. The van der Waals surface area contributed by atoms with Gasteiger partial charge < -0.3 is 5.32 Å². The second-order valence-corrected chi connectivity index (χ2v) is 4.57. The molecule has 4 heteroatoms. The lowest BCUT2D eigenvalue weighted by atomic mass is 10.2. The first-order valence-electron chi connectivity index (χ1n) is 5.08. The van der Waals surface area contributed by atoms with Gasteiger partial charge in [-0.3, -0.25) is 4.98 Å². The Morgan fingerprint density at radius 2 is 2.06 bits per heavy atom. The molecule has 84 valence electrons. The van der Waals surface area contributed by atoms with E-state index in [1.165, 1.54) is 0 Å². The van der Waals surface area contributed by atoms with E-state index in [-0.39, 0.29) is 0 Å². The summed E-state index contributed by atoms with van der Waals surface area (Å²) in [5.41, 5.74) is 3.35. The van der Waals surface area contributed by atoms with Crippen LogP contribution < -0.4 is 5.32 Å². The predicted molar refractivity (Wildman–Crippen MR) is 71.1 cm³/mol. The first kappa shape index (κ1) is 11.6. The van der Waals surface area contributed by atoms with E-state index < -0.39 is 0 Å². The molecule has 0 aliphatic carbocycles. The van der Waals surface area contributed by atoms with Crippen molar-refractivity contribution in [3.8, 4) is 6.07 Å². The molecule has 3 nitrogen and oxygen atoms in total. The van der Waals surface area contributed by atoms with Crippen molar-refractivity contribution in [3.05, 3.63) is 52.3 Å². The number of nitrogens with zero attached hydrogens (tertiary/aromatic N) is 2. The van der Waals surface area contributed by atoms with Crippen molar-refractivity contribution in [2.45, 2.75) is 6.92 Å². The fourth-order valence-electron chi connectivity index (χ4n) is 1.43. The summed E-state index contributed by atoms with van der Waals surface area (Å²) in [5, 5.41) is 12.1. The first-order valence-corrected chi connectivity index (χ1v) is 5.87. The molecule has 0 unspecified atom stereocenters. The molecular formula is C13H10BrN3. The Bertz CT molecular complexity index is 570. The van der Waals surface area contributed by atoms with Gasteiger partial charge in [0, 0.05) is 15.9 Å². The number of hydrogen-bond acceptors (Lipinski definition) is 3. The smallest absolute Gasteiger partial charge is 0.0992 e. The van der Waals surface area contributed by atoms with Crippen LogP contribution in [0.3, 0.4) is 0 Å². The third-order valence-electron chi connectivity index (χ3n) is 2.23. The molecule has 0 aliphatic rings. The van der Waals surface area contributed by atoms with Gasteiger partial charge in [-0.05, 0) is 37.3 Å². The highest BCUT2D eigenvalue weighted by Gasteiger charge is 2.00. The molecule has 0 bridgehead atoms. The number of halogens is 1. The van der Waals surface area contributed by atoms with Crippen LogP contribution in [0.1, 0.15) is 11.3 Å². The minimum Gasteiger partial charge on any atom is -0.354 e. The van der Waals surface area contributed by atoms with Gasteiger partial charge in [0.2, 0.25) is 0 Å². The van der Waals surface area contributed by atoms with Crippen LogP contribution in [-0.2, 0) is 0 Å². The van der Waals surface area contributed by atoms with Crippen molar-refractivity contribution in [3.63, 3.8) is 0 Å². The van der Waals surface area contributed by atoms with Crippen LogP contribution in [-0.4, -0.2) is 4.98 Å². The van der Waals surface area contributed by atoms with Gasteiger partial charge >= 0.3 is 0 Å². The molecule has 2 rings (SSSR count). The summed E-state index contributed by atoms with van der Waals surface area (Å²) >= 11 is 3.37. The van der Waals surface area contributed by atoms with Crippen molar-refractivity contribution < 1.29 is 0 Å². The molecule has 1 N–H and O–H groups in total. The lowest BCUT2D eigenvalue weighted by Crippen LogP contribution is -1.92. The van der Waals surface area contributed by atoms with E-state index in [1.807, 2.05) is 25.1 Å². The molecule has 1 aromatic carbocycles. The standard InChI is InChI=1S/C13H10BrN3/c1-9-2-3-12(8-16-9)17-13-5-10(7-15)4-11(14)6-13/h2-6,8,17H,1H3. The Morgan fingerprint density at radius 1 is 1.24 bits per heavy atom. The number of nitriles is 1. The number of benzene rings is 1. The predicted octanol–water partition coefficient (Wildman–Crippen LogP) is 3.77. The largest absolute Gasteiger partial charge is 0.354 e. The molecule has 0 spiro atoms. The molecule has 17 heavy (non-hydrogen) atoms. The molecule has 0 radical (unpaired) electrons. The minimum atomic E-state index is 0.613. The van der Waals surface area contributed by atoms with E-state index in [1.54, 1.807) is 18.3 Å². The van der Waals surface area contributed by atoms with Crippen molar-refractivity contribution in [1.82, 2.24) is 4.98 Å². The van der Waals surface area contributed by atoms with Crippen LogP contribution in [0.2, 0.25) is 0 Å². The van der Waals surface area contributed by atoms with E-state index in [4.69, 9.17) is 5.26 Å². The summed E-state index contributed by atoms with van der Waals surface area (Å²) in [6.07, 6.45) is 1.77. The summed E-state index contributed by atoms with van der Waals surface area (Å²) in [6.45, 7) is 1.94. The van der Waals surface area contributed by atoms with Crippen LogP contribution in [0, 0.1) is 18.3 Å². The molecule has 0 fully saturated rings. The third kappa shape index (κ3) is 3.05. The number of hydrogen-bond donors (Lipinski definition) is 1. The number of pyridine rings is 1. The van der Waals surface area contributed by atoms with Crippen LogP contribution >= 0.6 is 15.9 Å². The number of anilines is 2. The zero-order chi connectivity index (χ0) is 12.3.